The summed E-state index contributed by atoms with van der Waals surface area (Å²) in [6.45, 7) is 1.75. The minimum Gasteiger partial charge on any atom is -0.497 e. The van der Waals surface area contributed by atoms with E-state index in [0.29, 0.717) is 28.1 Å². The molecule has 168 valence electrons. The van der Waals surface area contributed by atoms with Crippen molar-refractivity contribution in [3.05, 3.63) is 53.8 Å². The summed E-state index contributed by atoms with van der Waals surface area (Å²) in [6.07, 6.45) is 0. The molecule has 0 radical (unpaired) electrons. The Morgan fingerprint density at radius 3 is 2.44 bits per heavy atom. The zero-order valence-electron chi connectivity index (χ0n) is 17.6. The van der Waals surface area contributed by atoms with Gasteiger partial charge in [-0.05, 0) is 24.6 Å². The van der Waals surface area contributed by atoms with Crippen molar-refractivity contribution in [1.82, 2.24) is 14.9 Å². The van der Waals surface area contributed by atoms with Crippen LogP contribution in [0.5, 0.6) is 11.5 Å². The third-order valence-corrected chi connectivity index (χ3v) is 5.16. The molecule has 0 bridgehead atoms. The van der Waals surface area contributed by atoms with Crippen molar-refractivity contribution in [3.63, 3.8) is 0 Å². The number of benzene rings is 2. The highest BCUT2D eigenvalue weighted by molar-refractivity contribution is 7.99. The van der Waals surface area contributed by atoms with E-state index in [9.17, 15) is 9.18 Å². The Bertz CT molecular complexity index is 1100. The Morgan fingerprint density at radius 2 is 1.81 bits per heavy atom. The first-order valence-electron chi connectivity index (χ1n) is 9.32. The first kappa shape index (κ1) is 22.9. The van der Waals surface area contributed by atoms with E-state index < -0.39 is 0 Å². The molecule has 3 aromatic rings. The zero-order valence-corrected chi connectivity index (χ0v) is 18.4. The van der Waals surface area contributed by atoms with E-state index in [2.05, 4.69) is 26.0 Å². The first-order chi connectivity index (χ1) is 15.4. The van der Waals surface area contributed by atoms with Gasteiger partial charge in [0.15, 0.2) is 0 Å². The van der Waals surface area contributed by atoms with Gasteiger partial charge in [0.05, 0.1) is 25.7 Å². The van der Waals surface area contributed by atoms with E-state index in [1.165, 1.54) is 31.0 Å². The van der Waals surface area contributed by atoms with Crippen molar-refractivity contribution in [1.29, 1.82) is 0 Å². The third-order valence-electron chi connectivity index (χ3n) is 4.22. The number of anilines is 2. The van der Waals surface area contributed by atoms with Gasteiger partial charge in [0.2, 0.25) is 11.1 Å². The largest absolute Gasteiger partial charge is 0.497 e. The minimum absolute atomic E-state index is 0.0483. The molecule has 1 amide bonds. The van der Waals surface area contributed by atoms with Gasteiger partial charge >= 0.3 is 0 Å². The number of rotatable bonds is 9. The maximum absolute atomic E-state index is 13.0. The Hall–Kier alpha value is -3.80. The third kappa shape index (κ3) is 5.88. The molecule has 1 heterocycles. The van der Waals surface area contributed by atoms with Crippen molar-refractivity contribution in [3.8, 4) is 11.5 Å². The maximum Gasteiger partial charge on any atom is 0.264 e. The van der Waals surface area contributed by atoms with Crippen LogP contribution in [0.2, 0.25) is 0 Å². The lowest BCUT2D eigenvalue weighted by molar-refractivity contribution is -0.113. The van der Waals surface area contributed by atoms with E-state index >= 15 is 0 Å². The van der Waals surface area contributed by atoms with Crippen LogP contribution in [0, 0.1) is 5.82 Å². The van der Waals surface area contributed by atoms with Crippen molar-refractivity contribution < 1.29 is 18.7 Å². The fourth-order valence-corrected chi connectivity index (χ4v) is 3.20. The van der Waals surface area contributed by atoms with Crippen LogP contribution >= 0.6 is 11.8 Å². The minimum atomic E-state index is -0.326. The van der Waals surface area contributed by atoms with Crippen LogP contribution in [0.4, 0.5) is 16.0 Å². The first-order valence-corrected chi connectivity index (χ1v) is 10.3. The van der Waals surface area contributed by atoms with Crippen LogP contribution in [0.15, 0.2) is 52.7 Å². The number of nitrogens with zero attached hydrogens (tertiary/aromatic N) is 4. The number of aromatic nitrogens is 3. The second-order valence-corrected chi connectivity index (χ2v) is 7.37. The van der Waals surface area contributed by atoms with Gasteiger partial charge in [0.1, 0.15) is 17.3 Å². The summed E-state index contributed by atoms with van der Waals surface area (Å²) in [7, 11) is 3.06. The Kier molecular flexibility index (Phi) is 7.49. The van der Waals surface area contributed by atoms with Crippen LogP contribution in [-0.4, -0.2) is 46.5 Å². The topological polar surface area (TPSA) is 129 Å². The number of ether oxygens (including phenoxy) is 2. The summed E-state index contributed by atoms with van der Waals surface area (Å²) >= 11 is 1.11. The van der Waals surface area contributed by atoms with Crippen LogP contribution in [0.1, 0.15) is 12.5 Å². The number of amides is 1. The lowest BCUT2D eigenvalue weighted by atomic mass is 10.1. The van der Waals surface area contributed by atoms with E-state index in [-0.39, 0.29) is 23.4 Å². The highest BCUT2D eigenvalue weighted by atomic mass is 32.2. The Morgan fingerprint density at radius 1 is 1.16 bits per heavy atom. The fourth-order valence-electron chi connectivity index (χ4n) is 2.55. The molecule has 0 aliphatic carbocycles. The van der Waals surface area contributed by atoms with Crippen molar-refractivity contribution >= 4 is 35.0 Å². The highest BCUT2D eigenvalue weighted by Crippen LogP contribution is 2.26. The maximum atomic E-state index is 13.0. The van der Waals surface area contributed by atoms with Gasteiger partial charge < -0.3 is 20.6 Å². The monoisotopic (exact) mass is 459 g/mol. The normalized spacial score (nSPS) is 11.2. The number of methoxy groups -OCH3 is 2. The lowest BCUT2D eigenvalue weighted by Gasteiger charge is -2.09. The molecule has 12 heteroatoms. The van der Waals surface area contributed by atoms with Gasteiger partial charge in [0, 0.05) is 23.9 Å². The molecule has 0 fully saturated rings. The number of nitrogens with two attached hydrogens (primary N) is 1. The molecule has 0 saturated heterocycles. The van der Waals surface area contributed by atoms with Crippen molar-refractivity contribution in [2.45, 2.75) is 12.1 Å². The number of nitrogen functional groups attached to an aromatic ring is 1. The Labute approximate surface area is 188 Å². The standard InChI is InChI=1S/C20H22FN7O3S/c1-12(13-4-6-14(21)7-5-13)24-25-19-26-27-20(28(19)22)32-11-18(29)23-15-8-16(30-2)10-17(9-15)31-3/h4-10H,11,22H2,1-3H3,(H,23,29)(H,25,26)/b24-12+. The molecule has 0 aliphatic rings. The summed E-state index contributed by atoms with van der Waals surface area (Å²) in [6, 6.07) is 11.0. The molecule has 0 atom stereocenters. The number of carbonyl (C=O) groups is 1. The average molecular weight is 460 g/mol. The van der Waals surface area contributed by atoms with Crippen LogP contribution in [-0.2, 0) is 4.79 Å². The fraction of sp³-hybridized carbons (Fsp3) is 0.200. The van der Waals surface area contributed by atoms with Gasteiger partial charge in [-0.1, -0.05) is 23.9 Å². The Balaban J connectivity index is 1.58. The summed E-state index contributed by atoms with van der Waals surface area (Å²) < 4.78 is 24.6. The molecule has 0 unspecified atom stereocenters. The van der Waals surface area contributed by atoms with E-state index in [1.54, 1.807) is 37.3 Å². The van der Waals surface area contributed by atoms with Crippen LogP contribution < -0.4 is 26.1 Å². The number of thioether (sulfide) groups is 1. The smallest absolute Gasteiger partial charge is 0.264 e. The molecule has 32 heavy (non-hydrogen) atoms. The molecular formula is C20H22FN7O3S. The predicted octanol–water partition coefficient (Wildman–Crippen LogP) is 2.72. The predicted molar refractivity (Wildman–Crippen MR) is 121 cm³/mol. The zero-order chi connectivity index (χ0) is 23.1. The molecule has 3 rings (SSSR count). The number of halogens is 1. The highest BCUT2D eigenvalue weighted by Gasteiger charge is 2.13. The number of carbonyl (C=O) groups excluding carboxylic acids is 1. The molecule has 1 aromatic heterocycles. The average Bonchev–Trinajstić information content (AvgIpc) is 3.15. The number of hydrogen-bond donors (Lipinski definition) is 3. The van der Waals surface area contributed by atoms with E-state index in [0.717, 1.165) is 17.3 Å². The summed E-state index contributed by atoms with van der Waals surface area (Å²) in [4.78, 5) is 12.3. The SMILES string of the molecule is COc1cc(NC(=O)CSc2nnc(N/N=C(\C)c3ccc(F)cc3)n2N)cc(OC)c1. The van der Waals surface area contributed by atoms with E-state index in [1.807, 2.05) is 0 Å². The summed E-state index contributed by atoms with van der Waals surface area (Å²) in [5.74, 6) is 6.74. The van der Waals surface area contributed by atoms with Gasteiger partial charge in [-0.3, -0.25) is 4.79 Å². The van der Waals surface area contributed by atoms with Gasteiger partial charge in [0.25, 0.3) is 5.95 Å². The molecule has 4 N–H and O–H groups in total. The van der Waals surface area contributed by atoms with Crippen molar-refractivity contribution in [2.24, 2.45) is 5.10 Å². The number of hydrogen-bond acceptors (Lipinski definition) is 9. The molecule has 2 aromatic carbocycles. The lowest BCUT2D eigenvalue weighted by Crippen LogP contribution is -2.17. The van der Waals surface area contributed by atoms with Gasteiger partial charge in [-0.25, -0.2) is 14.5 Å². The molecule has 10 nitrogen and oxygen atoms in total. The number of nitrogens with one attached hydrogen (secondary N) is 2. The van der Waals surface area contributed by atoms with Crippen molar-refractivity contribution in [2.75, 3.05) is 36.6 Å². The second-order valence-electron chi connectivity index (χ2n) is 6.43. The molecular weight excluding hydrogens is 437 g/mol. The van der Waals surface area contributed by atoms with Gasteiger partial charge in [-0.15, -0.1) is 10.2 Å². The van der Waals surface area contributed by atoms with Crippen LogP contribution in [0.25, 0.3) is 0 Å². The molecule has 0 aliphatic heterocycles. The van der Waals surface area contributed by atoms with Gasteiger partial charge in [-0.2, -0.15) is 5.10 Å². The van der Waals surface area contributed by atoms with Crippen LogP contribution in [0.3, 0.4) is 0 Å². The molecule has 0 saturated carbocycles. The quantitative estimate of drug-likeness (QED) is 0.193. The summed E-state index contributed by atoms with van der Waals surface area (Å²) in [5, 5.41) is 15.2. The summed E-state index contributed by atoms with van der Waals surface area (Å²) in [5.41, 5.74) is 4.60. The molecule has 0 spiro atoms. The number of hydrazone groups is 1. The van der Waals surface area contributed by atoms with E-state index in [4.69, 9.17) is 15.3 Å². The second kappa shape index (κ2) is 10.5.